The van der Waals surface area contributed by atoms with E-state index in [4.69, 9.17) is 0 Å². The molecular weight excluding hydrogens is 174 g/mol. The van der Waals surface area contributed by atoms with E-state index in [2.05, 4.69) is 9.72 Å². The number of hydrogen-bond donors (Lipinski definition) is 0. The number of pyridine rings is 1. The van der Waals surface area contributed by atoms with Crippen LogP contribution in [-0.4, -0.2) is 24.1 Å². The van der Waals surface area contributed by atoms with E-state index in [1.165, 1.54) is 0 Å². The summed E-state index contributed by atoms with van der Waals surface area (Å²) in [6.07, 6.45) is 1.75. The van der Waals surface area contributed by atoms with Gasteiger partial charge in [0, 0.05) is 11.9 Å². The maximum Gasteiger partial charge on any atom is 0.180 e. The minimum Gasteiger partial charge on any atom is -0.351 e. The molecule has 1 heterocycles. The van der Waals surface area contributed by atoms with Gasteiger partial charge in [0.2, 0.25) is 0 Å². The molecule has 0 unspecified atom stereocenters. The van der Waals surface area contributed by atoms with Crippen LogP contribution in [0.4, 0.5) is 0 Å². The smallest absolute Gasteiger partial charge is 0.180 e. The molecule has 0 atom stereocenters. The molecule has 0 amide bonds. The predicted molar refractivity (Wildman–Crippen MR) is 46.5 cm³/mol. The molecule has 0 aliphatic carbocycles. The summed E-state index contributed by atoms with van der Waals surface area (Å²) in [7, 11) is 0. The average molecular weight is 184 g/mol. The molecule has 4 heteroatoms. The zero-order valence-corrected chi connectivity index (χ0v) is 7.42. The summed E-state index contributed by atoms with van der Waals surface area (Å²) in [4.78, 5) is 4.11. The number of aromatic nitrogens is 1. The predicted octanol–water partition coefficient (Wildman–Crippen LogP) is 1.58. The molecule has 0 saturated heterocycles. The van der Waals surface area contributed by atoms with Gasteiger partial charge in [-0.2, -0.15) is 0 Å². The first-order chi connectivity index (χ1) is 5.93. The quantitative estimate of drug-likeness (QED) is 0.396. The standard InChI is InChI=1S/C8H10NO2S/c10-7-11-5-6-12-8-3-1-2-4-9-8/h1-4H,5-7H2. The van der Waals surface area contributed by atoms with Crippen molar-refractivity contribution < 1.29 is 9.84 Å². The highest BCUT2D eigenvalue weighted by atomic mass is 32.2. The van der Waals surface area contributed by atoms with Gasteiger partial charge in [0.05, 0.1) is 11.6 Å². The summed E-state index contributed by atoms with van der Waals surface area (Å²) in [6.45, 7) is 0.0352. The molecular formula is C8H10NO2S. The zero-order valence-electron chi connectivity index (χ0n) is 6.60. The second-order valence-corrected chi connectivity index (χ2v) is 3.16. The van der Waals surface area contributed by atoms with Crippen LogP contribution in [0.3, 0.4) is 0 Å². The second-order valence-electron chi connectivity index (χ2n) is 2.04. The Labute approximate surface area is 75.8 Å². The first-order valence-corrected chi connectivity index (χ1v) is 4.61. The molecule has 1 aromatic rings. The van der Waals surface area contributed by atoms with Gasteiger partial charge in [0.25, 0.3) is 0 Å². The third kappa shape index (κ3) is 3.71. The van der Waals surface area contributed by atoms with E-state index in [0.29, 0.717) is 6.61 Å². The fourth-order valence-electron chi connectivity index (χ4n) is 0.697. The van der Waals surface area contributed by atoms with Gasteiger partial charge in [-0.3, -0.25) is 0 Å². The molecule has 1 aromatic heterocycles. The van der Waals surface area contributed by atoms with Crippen molar-refractivity contribution in [3.8, 4) is 0 Å². The van der Waals surface area contributed by atoms with Crippen molar-refractivity contribution in [1.82, 2.24) is 4.98 Å². The van der Waals surface area contributed by atoms with Crippen molar-refractivity contribution in [2.75, 3.05) is 19.2 Å². The van der Waals surface area contributed by atoms with E-state index in [-0.39, 0.29) is 0 Å². The number of thioether (sulfide) groups is 1. The fourth-order valence-corrected chi connectivity index (χ4v) is 1.42. The second kappa shape index (κ2) is 5.99. The highest BCUT2D eigenvalue weighted by Crippen LogP contribution is 2.12. The number of nitrogens with zero attached hydrogens (tertiary/aromatic N) is 1. The van der Waals surface area contributed by atoms with E-state index in [0.717, 1.165) is 10.8 Å². The van der Waals surface area contributed by atoms with Crippen LogP contribution in [0.1, 0.15) is 0 Å². The molecule has 0 aliphatic rings. The minimum absolute atomic E-state index is 0.456. The van der Waals surface area contributed by atoms with Gasteiger partial charge in [-0.05, 0) is 12.1 Å². The molecule has 0 saturated carbocycles. The summed E-state index contributed by atoms with van der Waals surface area (Å²) < 4.78 is 4.65. The summed E-state index contributed by atoms with van der Waals surface area (Å²) in [5.74, 6) is 0.777. The Balaban J connectivity index is 2.16. The first-order valence-electron chi connectivity index (χ1n) is 3.63. The van der Waals surface area contributed by atoms with Crippen LogP contribution in [0.25, 0.3) is 0 Å². The lowest BCUT2D eigenvalue weighted by Crippen LogP contribution is -1.96. The Morgan fingerprint density at radius 2 is 2.42 bits per heavy atom. The maximum absolute atomic E-state index is 9.89. The summed E-state index contributed by atoms with van der Waals surface area (Å²) in [5, 5.41) is 10.9. The molecule has 1 rings (SSSR count). The highest BCUT2D eigenvalue weighted by Gasteiger charge is 1.92. The van der Waals surface area contributed by atoms with Crippen LogP contribution >= 0.6 is 11.8 Å². The van der Waals surface area contributed by atoms with Crippen LogP contribution in [0.5, 0.6) is 0 Å². The van der Waals surface area contributed by atoms with Crippen LogP contribution in [0.15, 0.2) is 29.4 Å². The highest BCUT2D eigenvalue weighted by molar-refractivity contribution is 7.99. The van der Waals surface area contributed by atoms with Crippen LogP contribution in [-0.2, 0) is 9.84 Å². The molecule has 0 fully saturated rings. The molecule has 0 spiro atoms. The van der Waals surface area contributed by atoms with Gasteiger partial charge in [-0.25, -0.2) is 10.1 Å². The lowest BCUT2D eigenvalue weighted by Gasteiger charge is -1.98. The molecule has 1 radical (unpaired) electrons. The number of rotatable bonds is 5. The van der Waals surface area contributed by atoms with Crippen molar-refractivity contribution in [3.05, 3.63) is 24.4 Å². The van der Waals surface area contributed by atoms with E-state index in [1.807, 2.05) is 18.2 Å². The van der Waals surface area contributed by atoms with Crippen LogP contribution in [0.2, 0.25) is 0 Å². The maximum atomic E-state index is 9.89. The molecule has 65 valence electrons. The van der Waals surface area contributed by atoms with Gasteiger partial charge < -0.3 is 4.74 Å². The molecule has 0 aliphatic heterocycles. The first kappa shape index (κ1) is 9.51. The normalized spacial score (nSPS) is 10.1. The lowest BCUT2D eigenvalue weighted by molar-refractivity contribution is -0.0373. The van der Waals surface area contributed by atoms with E-state index in [1.54, 1.807) is 18.0 Å². The topological polar surface area (TPSA) is 42.0 Å². The molecule has 3 nitrogen and oxygen atoms in total. The molecule has 0 N–H and O–H groups in total. The molecule has 12 heavy (non-hydrogen) atoms. The Kier molecular flexibility index (Phi) is 4.75. The SMILES string of the molecule is [O]COCCSc1ccccn1. The summed E-state index contributed by atoms with van der Waals surface area (Å²) in [5.41, 5.74) is 0. The third-order valence-electron chi connectivity index (χ3n) is 1.20. The van der Waals surface area contributed by atoms with E-state index < -0.39 is 6.79 Å². The van der Waals surface area contributed by atoms with E-state index in [9.17, 15) is 5.11 Å². The van der Waals surface area contributed by atoms with Gasteiger partial charge in [-0.1, -0.05) is 6.07 Å². The van der Waals surface area contributed by atoms with E-state index >= 15 is 0 Å². The van der Waals surface area contributed by atoms with Gasteiger partial charge in [0.1, 0.15) is 0 Å². The van der Waals surface area contributed by atoms with Crippen molar-refractivity contribution in [1.29, 1.82) is 0 Å². The Morgan fingerprint density at radius 1 is 1.50 bits per heavy atom. The van der Waals surface area contributed by atoms with Gasteiger partial charge >= 0.3 is 0 Å². The lowest BCUT2D eigenvalue weighted by atomic mass is 10.5. The van der Waals surface area contributed by atoms with Gasteiger partial charge in [0.15, 0.2) is 6.79 Å². The Bertz CT molecular complexity index is 205. The van der Waals surface area contributed by atoms with Crippen molar-refractivity contribution in [2.24, 2.45) is 0 Å². The number of ether oxygens (including phenoxy) is 1. The van der Waals surface area contributed by atoms with Crippen LogP contribution in [0, 0.1) is 0 Å². The third-order valence-corrected chi connectivity index (χ3v) is 2.11. The van der Waals surface area contributed by atoms with Crippen LogP contribution < -0.4 is 0 Å². The zero-order chi connectivity index (χ0) is 8.65. The Morgan fingerprint density at radius 3 is 3.08 bits per heavy atom. The van der Waals surface area contributed by atoms with Crippen molar-refractivity contribution >= 4 is 11.8 Å². The Hall–Kier alpha value is -0.580. The largest absolute Gasteiger partial charge is 0.351 e. The number of hydrogen-bond acceptors (Lipinski definition) is 3. The molecule has 0 bridgehead atoms. The average Bonchev–Trinajstić information content (AvgIpc) is 2.14. The van der Waals surface area contributed by atoms with Crippen molar-refractivity contribution in [3.63, 3.8) is 0 Å². The monoisotopic (exact) mass is 184 g/mol. The molecule has 0 aromatic carbocycles. The summed E-state index contributed by atoms with van der Waals surface area (Å²) in [6, 6.07) is 5.74. The summed E-state index contributed by atoms with van der Waals surface area (Å²) >= 11 is 1.59. The fraction of sp³-hybridized carbons (Fsp3) is 0.375. The van der Waals surface area contributed by atoms with Gasteiger partial charge in [-0.15, -0.1) is 11.8 Å². The minimum atomic E-state index is -0.456. The van der Waals surface area contributed by atoms with Crippen molar-refractivity contribution in [2.45, 2.75) is 5.03 Å².